The van der Waals surface area contributed by atoms with Gasteiger partial charge in [0.2, 0.25) is 0 Å². The number of anilines is 2. The molecule has 98 valence electrons. The van der Waals surface area contributed by atoms with E-state index in [0.29, 0.717) is 17.8 Å². The Balaban J connectivity index is 2.29. The Hall–Kier alpha value is -1.81. The molecule has 0 spiro atoms. The van der Waals surface area contributed by atoms with Crippen molar-refractivity contribution in [3.63, 3.8) is 0 Å². The summed E-state index contributed by atoms with van der Waals surface area (Å²) >= 11 is 3.36. The lowest BCUT2D eigenvalue weighted by molar-refractivity contribution is 0.0988. The van der Waals surface area contributed by atoms with Crippen molar-refractivity contribution >= 4 is 33.2 Å². The van der Waals surface area contributed by atoms with Crippen LogP contribution >= 0.6 is 15.9 Å². The van der Waals surface area contributed by atoms with Crippen LogP contribution in [0.3, 0.4) is 0 Å². The maximum Gasteiger partial charge on any atom is 0.258 e. The molecule has 1 amide bonds. The molecule has 0 saturated carbocycles. The van der Waals surface area contributed by atoms with Crippen LogP contribution in [0.5, 0.6) is 0 Å². The van der Waals surface area contributed by atoms with Crippen molar-refractivity contribution < 1.29 is 4.79 Å². The van der Waals surface area contributed by atoms with Crippen molar-refractivity contribution in [2.24, 2.45) is 0 Å². The summed E-state index contributed by atoms with van der Waals surface area (Å²) in [5.74, 6) is -0.0141. The van der Waals surface area contributed by atoms with Crippen LogP contribution in [0.2, 0.25) is 0 Å². The van der Waals surface area contributed by atoms with Gasteiger partial charge in [0.25, 0.3) is 5.91 Å². The van der Waals surface area contributed by atoms with E-state index in [2.05, 4.69) is 15.9 Å². The molecule has 0 bridgehead atoms. The minimum Gasteiger partial charge on any atom is -0.399 e. The second-order valence-electron chi connectivity index (χ2n) is 4.15. The number of nitrogens with two attached hydrogens (primary N) is 1. The summed E-state index contributed by atoms with van der Waals surface area (Å²) < 4.78 is 0.958. The van der Waals surface area contributed by atoms with E-state index in [4.69, 9.17) is 5.73 Å². The number of hydrogen-bond donors (Lipinski definition) is 1. The molecule has 0 saturated heterocycles. The zero-order valence-corrected chi connectivity index (χ0v) is 12.2. The highest BCUT2D eigenvalue weighted by Crippen LogP contribution is 2.19. The van der Waals surface area contributed by atoms with Crippen molar-refractivity contribution in [2.45, 2.75) is 6.92 Å². The van der Waals surface area contributed by atoms with Crippen molar-refractivity contribution in [1.29, 1.82) is 0 Å². The van der Waals surface area contributed by atoms with Crippen molar-refractivity contribution in [3.05, 3.63) is 58.6 Å². The molecule has 3 nitrogen and oxygen atoms in total. The van der Waals surface area contributed by atoms with Gasteiger partial charge in [0.05, 0.1) is 0 Å². The molecule has 19 heavy (non-hydrogen) atoms. The number of rotatable bonds is 3. The fraction of sp³-hybridized carbons (Fsp3) is 0.133. The molecule has 2 N–H and O–H groups in total. The van der Waals surface area contributed by atoms with E-state index >= 15 is 0 Å². The van der Waals surface area contributed by atoms with E-state index < -0.39 is 0 Å². The first kappa shape index (κ1) is 13.6. The summed E-state index contributed by atoms with van der Waals surface area (Å²) in [6.07, 6.45) is 0. The zero-order valence-electron chi connectivity index (χ0n) is 10.6. The van der Waals surface area contributed by atoms with Gasteiger partial charge >= 0.3 is 0 Å². The van der Waals surface area contributed by atoms with Gasteiger partial charge in [0, 0.05) is 28.0 Å². The molecule has 0 aliphatic carbocycles. The van der Waals surface area contributed by atoms with Gasteiger partial charge < -0.3 is 10.6 Å². The molecule has 0 radical (unpaired) electrons. The maximum atomic E-state index is 12.5. The number of halogens is 1. The van der Waals surface area contributed by atoms with Gasteiger partial charge in [-0.15, -0.1) is 0 Å². The largest absolute Gasteiger partial charge is 0.399 e. The average molecular weight is 319 g/mol. The predicted octanol–water partition coefficient (Wildman–Crippen LogP) is 3.70. The van der Waals surface area contributed by atoms with Gasteiger partial charge in [-0.2, -0.15) is 0 Å². The third kappa shape index (κ3) is 3.15. The summed E-state index contributed by atoms with van der Waals surface area (Å²) in [6, 6.07) is 14.7. The third-order valence-electron chi connectivity index (χ3n) is 2.86. The van der Waals surface area contributed by atoms with Crippen LogP contribution in [0.4, 0.5) is 11.4 Å². The number of carbonyl (C=O) groups excluding carboxylic acids is 1. The molecule has 0 aliphatic rings. The number of nitrogen functional groups attached to an aromatic ring is 1. The number of hydrogen-bond acceptors (Lipinski definition) is 2. The van der Waals surface area contributed by atoms with Crippen molar-refractivity contribution in [2.75, 3.05) is 17.2 Å². The van der Waals surface area contributed by atoms with Crippen molar-refractivity contribution in [3.8, 4) is 0 Å². The Bertz CT molecular complexity index is 564. The minimum atomic E-state index is -0.0141. The van der Waals surface area contributed by atoms with E-state index in [-0.39, 0.29) is 5.91 Å². The third-order valence-corrected chi connectivity index (χ3v) is 3.39. The summed E-state index contributed by atoms with van der Waals surface area (Å²) in [5, 5.41) is 0. The number of nitrogens with zero attached hydrogens (tertiary/aromatic N) is 1. The first-order valence-corrected chi connectivity index (χ1v) is 6.84. The molecular formula is C15H15BrN2O. The van der Waals surface area contributed by atoms with E-state index in [1.165, 1.54) is 0 Å². The highest BCUT2D eigenvalue weighted by Gasteiger charge is 2.15. The van der Waals surface area contributed by atoms with Gasteiger partial charge in [-0.3, -0.25) is 4.79 Å². The highest BCUT2D eigenvalue weighted by molar-refractivity contribution is 9.10. The smallest absolute Gasteiger partial charge is 0.258 e. The van der Waals surface area contributed by atoms with Crippen LogP contribution < -0.4 is 10.6 Å². The predicted molar refractivity (Wildman–Crippen MR) is 82.3 cm³/mol. The van der Waals surface area contributed by atoms with Crippen LogP contribution in [0.1, 0.15) is 17.3 Å². The molecule has 2 rings (SSSR count). The monoisotopic (exact) mass is 318 g/mol. The van der Waals surface area contributed by atoms with Crippen LogP contribution in [-0.4, -0.2) is 12.5 Å². The first-order valence-electron chi connectivity index (χ1n) is 6.05. The topological polar surface area (TPSA) is 46.3 Å². The Morgan fingerprint density at radius 3 is 2.21 bits per heavy atom. The lowest BCUT2D eigenvalue weighted by Crippen LogP contribution is -2.30. The molecule has 2 aromatic rings. The second-order valence-corrected chi connectivity index (χ2v) is 5.06. The van der Waals surface area contributed by atoms with Crippen molar-refractivity contribution in [1.82, 2.24) is 0 Å². The standard InChI is InChI=1S/C15H15BrN2O/c1-2-18(14-9-7-13(17)8-10-14)15(19)11-3-5-12(16)6-4-11/h3-10H,2,17H2,1H3. The molecule has 0 atom stereocenters. The normalized spacial score (nSPS) is 10.2. The quantitative estimate of drug-likeness (QED) is 0.877. The molecule has 0 unspecified atom stereocenters. The maximum absolute atomic E-state index is 12.5. The summed E-state index contributed by atoms with van der Waals surface area (Å²) in [7, 11) is 0. The molecule has 2 aromatic carbocycles. The molecule has 0 fully saturated rings. The average Bonchev–Trinajstić information content (AvgIpc) is 2.42. The van der Waals surface area contributed by atoms with Gasteiger partial charge in [-0.05, 0) is 55.5 Å². The second kappa shape index (κ2) is 5.89. The van der Waals surface area contributed by atoms with Crippen LogP contribution in [0.25, 0.3) is 0 Å². The molecule has 0 aromatic heterocycles. The van der Waals surface area contributed by atoms with Gasteiger partial charge in [-0.1, -0.05) is 15.9 Å². The van der Waals surface area contributed by atoms with E-state index in [9.17, 15) is 4.79 Å². The fourth-order valence-electron chi connectivity index (χ4n) is 1.85. The Morgan fingerprint density at radius 1 is 1.11 bits per heavy atom. The number of amides is 1. The molecular weight excluding hydrogens is 304 g/mol. The lowest BCUT2D eigenvalue weighted by Gasteiger charge is -2.21. The lowest BCUT2D eigenvalue weighted by atomic mass is 10.1. The van der Waals surface area contributed by atoms with E-state index in [0.717, 1.165) is 10.2 Å². The summed E-state index contributed by atoms with van der Waals surface area (Å²) in [4.78, 5) is 14.2. The Kier molecular flexibility index (Phi) is 4.22. The van der Waals surface area contributed by atoms with Gasteiger partial charge in [-0.25, -0.2) is 0 Å². The van der Waals surface area contributed by atoms with E-state index in [1.807, 2.05) is 43.3 Å². The SMILES string of the molecule is CCN(C(=O)c1ccc(Br)cc1)c1ccc(N)cc1. The summed E-state index contributed by atoms with van der Waals surface area (Å²) in [6.45, 7) is 2.56. The Morgan fingerprint density at radius 2 is 1.68 bits per heavy atom. The molecule has 0 aliphatic heterocycles. The van der Waals surface area contributed by atoms with Crippen LogP contribution in [0.15, 0.2) is 53.0 Å². The van der Waals surface area contributed by atoms with Crippen LogP contribution in [0, 0.1) is 0 Å². The first-order chi connectivity index (χ1) is 9.11. The minimum absolute atomic E-state index is 0.0141. The van der Waals surface area contributed by atoms with Gasteiger partial charge in [0.1, 0.15) is 0 Å². The van der Waals surface area contributed by atoms with Gasteiger partial charge in [0.15, 0.2) is 0 Å². The molecule has 0 heterocycles. The highest BCUT2D eigenvalue weighted by atomic mass is 79.9. The van der Waals surface area contributed by atoms with E-state index in [1.54, 1.807) is 17.0 Å². The molecule has 4 heteroatoms. The Labute approximate surface area is 121 Å². The fourth-order valence-corrected chi connectivity index (χ4v) is 2.11. The van der Waals surface area contributed by atoms with Crippen LogP contribution in [-0.2, 0) is 0 Å². The number of benzene rings is 2. The zero-order chi connectivity index (χ0) is 13.8. The number of carbonyl (C=O) groups is 1. The summed E-state index contributed by atoms with van der Waals surface area (Å²) in [5.41, 5.74) is 7.87.